The van der Waals surface area contributed by atoms with Gasteiger partial charge in [-0.05, 0) is 31.4 Å². The maximum Gasteiger partial charge on any atom is 0.325 e. The van der Waals surface area contributed by atoms with Crippen LogP contribution in [0.15, 0.2) is 85.1 Å². The molecule has 2 aromatic carbocycles. The Labute approximate surface area is 148 Å². The van der Waals surface area contributed by atoms with E-state index >= 15 is 0 Å². The lowest BCUT2D eigenvalue weighted by molar-refractivity contribution is 0.807. The van der Waals surface area contributed by atoms with Crippen LogP contribution in [-0.2, 0) is 0 Å². The number of hydrogen-bond acceptors (Lipinski definition) is 2. The van der Waals surface area contributed by atoms with E-state index in [0.29, 0.717) is 5.11 Å². The summed E-state index contributed by atoms with van der Waals surface area (Å²) in [7, 11) is 2.00. The summed E-state index contributed by atoms with van der Waals surface area (Å²) in [6.45, 7) is 0.0381. The number of benzene rings is 2. The molecule has 1 aromatic heterocycles. The van der Waals surface area contributed by atoms with E-state index in [1.54, 1.807) is 6.20 Å². The van der Waals surface area contributed by atoms with Crippen LogP contribution < -0.4 is 16.2 Å². The molecule has 1 heterocycles. The lowest BCUT2D eigenvalue weighted by Crippen LogP contribution is -2.57. The Bertz CT molecular complexity index is 742. The van der Waals surface area contributed by atoms with Gasteiger partial charge in [-0.2, -0.15) is 0 Å². The van der Waals surface area contributed by atoms with Crippen LogP contribution in [0, 0.1) is 0 Å². The number of thiocarbonyl (C=S) groups is 1. The molecule has 24 heavy (non-hydrogen) atoms. The van der Waals surface area contributed by atoms with Crippen molar-refractivity contribution in [2.45, 2.75) is 0 Å². The second-order valence-electron chi connectivity index (χ2n) is 5.48. The molecule has 0 saturated heterocycles. The first-order valence-corrected chi connectivity index (χ1v) is 8.21. The summed E-state index contributed by atoms with van der Waals surface area (Å²) >= 11 is 5.61. The van der Waals surface area contributed by atoms with Crippen LogP contribution in [0.25, 0.3) is 0 Å². The summed E-state index contributed by atoms with van der Waals surface area (Å²) in [5, 5.41) is 3.84. The molecule has 5 heteroatoms. The van der Waals surface area contributed by atoms with Crippen molar-refractivity contribution in [3.05, 3.63) is 85.1 Å². The SMILES string of the molecule is CN(B(c1ccccc1)c1ccccc1)C(=S)Nc1ccccn1. The van der Waals surface area contributed by atoms with E-state index in [0.717, 1.165) is 5.82 Å². The maximum atomic E-state index is 5.61. The Morgan fingerprint density at radius 1 is 0.875 bits per heavy atom. The third-order valence-electron chi connectivity index (χ3n) is 3.84. The third-order valence-corrected chi connectivity index (χ3v) is 4.23. The molecule has 0 amide bonds. The van der Waals surface area contributed by atoms with E-state index in [9.17, 15) is 0 Å². The first-order chi connectivity index (χ1) is 11.8. The average molecular weight is 331 g/mol. The lowest BCUT2D eigenvalue weighted by atomic mass is 9.49. The van der Waals surface area contributed by atoms with Crippen LogP contribution in [0.2, 0.25) is 0 Å². The van der Waals surface area contributed by atoms with Gasteiger partial charge in [-0.15, -0.1) is 0 Å². The molecule has 0 aliphatic rings. The number of nitrogens with one attached hydrogen (secondary N) is 1. The van der Waals surface area contributed by atoms with E-state index < -0.39 is 0 Å². The first-order valence-electron chi connectivity index (χ1n) is 7.80. The van der Waals surface area contributed by atoms with E-state index in [-0.39, 0.29) is 6.85 Å². The number of hydrogen-bond donors (Lipinski definition) is 1. The Morgan fingerprint density at radius 3 is 1.92 bits per heavy atom. The summed E-state index contributed by atoms with van der Waals surface area (Å²) in [5.41, 5.74) is 2.38. The Morgan fingerprint density at radius 2 is 1.42 bits per heavy atom. The average Bonchev–Trinajstić information content (AvgIpc) is 2.64. The van der Waals surface area contributed by atoms with Gasteiger partial charge in [0.2, 0.25) is 0 Å². The summed E-state index contributed by atoms with van der Waals surface area (Å²) in [6.07, 6.45) is 1.75. The number of pyridine rings is 1. The molecule has 0 radical (unpaired) electrons. The van der Waals surface area contributed by atoms with Gasteiger partial charge in [-0.1, -0.05) is 77.7 Å². The van der Waals surface area contributed by atoms with Gasteiger partial charge < -0.3 is 10.1 Å². The summed E-state index contributed by atoms with van der Waals surface area (Å²) in [5.74, 6) is 0.745. The third kappa shape index (κ3) is 3.81. The van der Waals surface area contributed by atoms with Crippen LogP contribution in [0.1, 0.15) is 0 Å². The predicted octanol–water partition coefficient (Wildman–Crippen LogP) is 2.52. The van der Waals surface area contributed by atoms with Crippen molar-refractivity contribution in [2.75, 3.05) is 12.4 Å². The fourth-order valence-corrected chi connectivity index (χ4v) is 2.87. The Hall–Kier alpha value is -2.66. The lowest BCUT2D eigenvalue weighted by Gasteiger charge is -2.28. The molecular formula is C19H18BN3S. The zero-order valence-corrected chi connectivity index (χ0v) is 14.3. The van der Waals surface area contributed by atoms with Crippen molar-refractivity contribution in [1.82, 2.24) is 9.79 Å². The van der Waals surface area contributed by atoms with Crippen molar-refractivity contribution in [2.24, 2.45) is 0 Å². The number of nitrogens with zero attached hydrogens (tertiary/aromatic N) is 2. The molecule has 3 aromatic rings. The highest BCUT2D eigenvalue weighted by atomic mass is 32.1. The molecule has 0 bridgehead atoms. The van der Waals surface area contributed by atoms with E-state index in [1.165, 1.54) is 10.9 Å². The fraction of sp³-hybridized carbons (Fsp3) is 0.0526. The quantitative estimate of drug-likeness (QED) is 0.587. The molecule has 0 atom stereocenters. The van der Waals surface area contributed by atoms with E-state index in [2.05, 4.69) is 39.4 Å². The zero-order valence-electron chi connectivity index (χ0n) is 13.5. The molecule has 3 nitrogen and oxygen atoms in total. The normalized spacial score (nSPS) is 10.0. The Kier molecular flexibility index (Phi) is 5.23. The molecular weight excluding hydrogens is 313 g/mol. The maximum absolute atomic E-state index is 5.61. The second-order valence-corrected chi connectivity index (χ2v) is 5.87. The van der Waals surface area contributed by atoms with Gasteiger partial charge in [0, 0.05) is 6.20 Å². The summed E-state index contributed by atoms with van der Waals surface area (Å²) in [4.78, 5) is 6.34. The van der Waals surface area contributed by atoms with Crippen molar-refractivity contribution in [3.8, 4) is 0 Å². The molecule has 0 fully saturated rings. The standard InChI is InChI=1S/C19H18BN3S/c1-23(19(24)22-18-14-8-9-15-21-18)20(16-10-4-2-5-11-16)17-12-6-3-7-13-17/h2-15H,1H3,(H,21,22,24). The minimum atomic E-state index is 0.0381. The van der Waals surface area contributed by atoms with Gasteiger partial charge in [0.05, 0.1) is 0 Å². The highest BCUT2D eigenvalue weighted by molar-refractivity contribution is 7.80. The number of aromatic nitrogens is 1. The molecule has 0 spiro atoms. The topological polar surface area (TPSA) is 28.2 Å². The Balaban J connectivity index is 1.89. The summed E-state index contributed by atoms with van der Waals surface area (Å²) < 4.78 is 0. The molecule has 0 aliphatic heterocycles. The second kappa shape index (κ2) is 7.75. The van der Waals surface area contributed by atoms with Crippen molar-refractivity contribution in [3.63, 3.8) is 0 Å². The largest absolute Gasteiger partial charge is 0.387 e. The van der Waals surface area contributed by atoms with Gasteiger partial charge in [0.25, 0.3) is 0 Å². The first kappa shape index (κ1) is 16.2. The molecule has 118 valence electrons. The van der Waals surface area contributed by atoms with E-state index in [1.807, 2.05) is 61.6 Å². The number of anilines is 1. The van der Waals surface area contributed by atoms with Crippen molar-refractivity contribution in [1.29, 1.82) is 0 Å². The van der Waals surface area contributed by atoms with E-state index in [4.69, 9.17) is 12.2 Å². The van der Waals surface area contributed by atoms with Gasteiger partial charge in [-0.25, -0.2) is 4.98 Å². The molecule has 3 rings (SSSR count). The summed E-state index contributed by atoms with van der Waals surface area (Å²) in [6, 6.07) is 26.5. The minimum absolute atomic E-state index is 0.0381. The van der Waals surface area contributed by atoms with Gasteiger partial charge in [0.15, 0.2) is 5.11 Å². The van der Waals surface area contributed by atoms with Crippen LogP contribution in [-0.4, -0.2) is 28.8 Å². The smallest absolute Gasteiger partial charge is 0.325 e. The van der Waals surface area contributed by atoms with Crippen LogP contribution in [0.4, 0.5) is 5.82 Å². The minimum Gasteiger partial charge on any atom is -0.387 e. The highest BCUT2D eigenvalue weighted by Crippen LogP contribution is 2.04. The predicted molar refractivity (Wildman–Crippen MR) is 106 cm³/mol. The molecule has 1 N–H and O–H groups in total. The zero-order chi connectivity index (χ0) is 16.8. The van der Waals surface area contributed by atoms with Crippen molar-refractivity contribution >= 4 is 40.9 Å². The molecule has 0 unspecified atom stereocenters. The van der Waals surface area contributed by atoms with Gasteiger partial charge >= 0.3 is 6.85 Å². The van der Waals surface area contributed by atoms with Crippen LogP contribution in [0.3, 0.4) is 0 Å². The van der Waals surface area contributed by atoms with Crippen LogP contribution in [0.5, 0.6) is 0 Å². The van der Waals surface area contributed by atoms with Crippen molar-refractivity contribution < 1.29 is 0 Å². The van der Waals surface area contributed by atoms with Crippen LogP contribution >= 0.6 is 12.2 Å². The van der Waals surface area contributed by atoms with Gasteiger partial charge in [-0.3, -0.25) is 0 Å². The van der Waals surface area contributed by atoms with Gasteiger partial charge in [0.1, 0.15) is 5.82 Å². The molecule has 0 saturated carbocycles. The number of rotatable bonds is 4. The molecule has 0 aliphatic carbocycles. The monoisotopic (exact) mass is 331 g/mol. The fourth-order valence-electron chi connectivity index (χ4n) is 2.66. The highest BCUT2D eigenvalue weighted by Gasteiger charge is 2.26.